The van der Waals surface area contributed by atoms with Crippen molar-refractivity contribution in [3.8, 4) is 0 Å². The van der Waals surface area contributed by atoms with Gasteiger partial charge in [-0.3, -0.25) is 4.79 Å². The molecular formula is C11H16N2O3S2. The van der Waals surface area contributed by atoms with Crippen LogP contribution in [0.15, 0.2) is 17.5 Å². The van der Waals surface area contributed by atoms with Crippen LogP contribution in [0.2, 0.25) is 0 Å². The average molecular weight is 288 g/mol. The minimum atomic E-state index is -3.16. The summed E-state index contributed by atoms with van der Waals surface area (Å²) in [5.74, 6) is 0.0443. The van der Waals surface area contributed by atoms with Crippen molar-refractivity contribution in [2.75, 3.05) is 19.3 Å². The lowest BCUT2D eigenvalue weighted by Crippen LogP contribution is -2.46. The molecule has 18 heavy (non-hydrogen) atoms. The van der Waals surface area contributed by atoms with Gasteiger partial charge < -0.3 is 4.90 Å². The standard InChI is InChI=1S/C11H16N2O3S2/c1-18(15,16)12-9-4-6-13(7-5-9)11(14)10-3-2-8-17-10/h2-3,8-9,12H,4-7H2,1H3. The highest BCUT2D eigenvalue weighted by atomic mass is 32.2. The Hall–Kier alpha value is -0.920. The van der Waals surface area contributed by atoms with Gasteiger partial charge in [-0.25, -0.2) is 13.1 Å². The van der Waals surface area contributed by atoms with Gasteiger partial charge in [0.1, 0.15) is 0 Å². The Morgan fingerprint density at radius 2 is 2.11 bits per heavy atom. The van der Waals surface area contributed by atoms with E-state index in [4.69, 9.17) is 0 Å². The highest BCUT2D eigenvalue weighted by Crippen LogP contribution is 2.17. The number of likely N-dealkylation sites (tertiary alicyclic amines) is 1. The molecule has 0 unspecified atom stereocenters. The van der Waals surface area contributed by atoms with Crippen LogP contribution in [0.3, 0.4) is 0 Å². The number of piperidine rings is 1. The smallest absolute Gasteiger partial charge is 0.263 e. The van der Waals surface area contributed by atoms with Gasteiger partial charge in [0.05, 0.1) is 11.1 Å². The molecule has 0 aromatic carbocycles. The predicted octanol–water partition coefficient (Wildman–Crippen LogP) is 0.902. The Balaban J connectivity index is 1.89. The van der Waals surface area contributed by atoms with E-state index < -0.39 is 10.0 Å². The molecule has 1 aliphatic rings. The third-order valence-corrected chi connectivity index (χ3v) is 4.51. The lowest BCUT2D eigenvalue weighted by atomic mass is 10.1. The highest BCUT2D eigenvalue weighted by molar-refractivity contribution is 7.88. The second-order valence-corrected chi connectivity index (χ2v) is 7.16. The number of amides is 1. The molecule has 0 bridgehead atoms. The molecule has 0 spiro atoms. The van der Waals surface area contributed by atoms with Crippen LogP contribution >= 0.6 is 11.3 Å². The molecule has 0 saturated carbocycles. The fraction of sp³-hybridized carbons (Fsp3) is 0.545. The van der Waals surface area contributed by atoms with Crippen LogP contribution in [0.4, 0.5) is 0 Å². The molecule has 0 atom stereocenters. The molecule has 2 rings (SSSR count). The second kappa shape index (κ2) is 5.38. The molecule has 0 radical (unpaired) electrons. The summed E-state index contributed by atoms with van der Waals surface area (Å²) in [7, 11) is -3.16. The number of carbonyl (C=O) groups excluding carboxylic acids is 1. The third kappa shape index (κ3) is 3.54. The maximum atomic E-state index is 12.1. The van der Waals surface area contributed by atoms with Crippen molar-refractivity contribution in [2.24, 2.45) is 0 Å². The maximum Gasteiger partial charge on any atom is 0.263 e. The number of hydrogen-bond acceptors (Lipinski definition) is 4. The van der Waals surface area contributed by atoms with E-state index in [0.717, 1.165) is 11.1 Å². The summed E-state index contributed by atoms with van der Waals surface area (Å²) in [6, 6.07) is 3.62. The molecule has 1 amide bonds. The molecule has 7 heteroatoms. The number of carbonyl (C=O) groups is 1. The highest BCUT2D eigenvalue weighted by Gasteiger charge is 2.25. The number of hydrogen-bond donors (Lipinski definition) is 1. The first-order chi connectivity index (χ1) is 8.46. The van der Waals surface area contributed by atoms with Gasteiger partial charge in [0.25, 0.3) is 5.91 Å². The summed E-state index contributed by atoms with van der Waals surface area (Å²) < 4.78 is 24.8. The van der Waals surface area contributed by atoms with Gasteiger partial charge >= 0.3 is 0 Å². The van der Waals surface area contributed by atoms with E-state index in [2.05, 4.69) is 4.72 Å². The van der Waals surface area contributed by atoms with Crippen molar-refractivity contribution < 1.29 is 13.2 Å². The molecule has 0 aliphatic carbocycles. The molecule has 1 N–H and O–H groups in total. The Labute approximate surface area is 111 Å². The van der Waals surface area contributed by atoms with Gasteiger partial charge in [0.15, 0.2) is 0 Å². The minimum Gasteiger partial charge on any atom is -0.338 e. The number of rotatable bonds is 3. The van der Waals surface area contributed by atoms with Crippen molar-refractivity contribution in [3.05, 3.63) is 22.4 Å². The van der Waals surface area contributed by atoms with Crippen molar-refractivity contribution in [3.63, 3.8) is 0 Å². The molecule has 2 heterocycles. The van der Waals surface area contributed by atoms with Crippen LogP contribution in [0.5, 0.6) is 0 Å². The zero-order valence-corrected chi connectivity index (χ0v) is 11.8. The monoisotopic (exact) mass is 288 g/mol. The van der Waals surface area contributed by atoms with Gasteiger partial charge in [0, 0.05) is 19.1 Å². The number of thiophene rings is 1. The number of nitrogens with one attached hydrogen (secondary N) is 1. The molecule has 1 fully saturated rings. The lowest BCUT2D eigenvalue weighted by Gasteiger charge is -2.31. The van der Waals surface area contributed by atoms with E-state index in [0.29, 0.717) is 25.9 Å². The van der Waals surface area contributed by atoms with Crippen molar-refractivity contribution >= 4 is 27.3 Å². The fourth-order valence-electron chi connectivity index (χ4n) is 2.06. The van der Waals surface area contributed by atoms with Crippen LogP contribution in [-0.4, -0.2) is 44.6 Å². The van der Waals surface area contributed by atoms with E-state index in [1.165, 1.54) is 11.3 Å². The largest absolute Gasteiger partial charge is 0.338 e. The Bertz CT molecular complexity index is 502. The van der Waals surface area contributed by atoms with Crippen LogP contribution in [0, 0.1) is 0 Å². The summed E-state index contributed by atoms with van der Waals surface area (Å²) in [5.41, 5.74) is 0. The van der Waals surface area contributed by atoms with Gasteiger partial charge in [-0.2, -0.15) is 0 Å². The van der Waals surface area contributed by atoms with Gasteiger partial charge in [-0.15, -0.1) is 11.3 Å². The Morgan fingerprint density at radius 3 is 2.61 bits per heavy atom. The molecule has 1 saturated heterocycles. The van der Waals surface area contributed by atoms with E-state index >= 15 is 0 Å². The number of sulfonamides is 1. The SMILES string of the molecule is CS(=O)(=O)NC1CCN(C(=O)c2cccs2)CC1. The van der Waals surface area contributed by atoms with Crippen molar-refractivity contribution in [2.45, 2.75) is 18.9 Å². The first-order valence-electron chi connectivity index (χ1n) is 5.76. The summed E-state index contributed by atoms with van der Waals surface area (Å²) >= 11 is 1.43. The summed E-state index contributed by atoms with van der Waals surface area (Å²) in [5, 5.41) is 1.88. The van der Waals surface area contributed by atoms with E-state index in [1.54, 1.807) is 4.90 Å². The zero-order valence-electron chi connectivity index (χ0n) is 10.1. The molecule has 1 aliphatic heterocycles. The van der Waals surface area contributed by atoms with E-state index in [1.807, 2.05) is 17.5 Å². The van der Waals surface area contributed by atoms with Crippen LogP contribution in [0.1, 0.15) is 22.5 Å². The molecule has 1 aromatic heterocycles. The predicted molar refractivity (Wildman–Crippen MR) is 71.2 cm³/mol. The quantitative estimate of drug-likeness (QED) is 0.898. The average Bonchev–Trinajstić information content (AvgIpc) is 2.80. The van der Waals surface area contributed by atoms with Crippen molar-refractivity contribution in [1.82, 2.24) is 9.62 Å². The molecule has 100 valence electrons. The minimum absolute atomic E-state index is 0.0443. The Kier molecular flexibility index (Phi) is 4.04. The lowest BCUT2D eigenvalue weighted by molar-refractivity contribution is 0.0716. The topological polar surface area (TPSA) is 66.5 Å². The van der Waals surface area contributed by atoms with Crippen molar-refractivity contribution in [1.29, 1.82) is 0 Å². The normalized spacial score (nSPS) is 17.9. The number of nitrogens with zero attached hydrogens (tertiary/aromatic N) is 1. The fourth-order valence-corrected chi connectivity index (χ4v) is 3.59. The summed E-state index contributed by atoms with van der Waals surface area (Å²) in [6.45, 7) is 1.20. The molecule has 1 aromatic rings. The first kappa shape index (κ1) is 13.5. The van der Waals surface area contributed by atoms with Crippen LogP contribution in [-0.2, 0) is 10.0 Å². The van der Waals surface area contributed by atoms with Gasteiger partial charge in [-0.1, -0.05) is 6.07 Å². The molecular weight excluding hydrogens is 272 g/mol. The van der Waals surface area contributed by atoms with E-state index in [9.17, 15) is 13.2 Å². The van der Waals surface area contributed by atoms with Crippen LogP contribution < -0.4 is 4.72 Å². The first-order valence-corrected chi connectivity index (χ1v) is 8.53. The summed E-state index contributed by atoms with van der Waals surface area (Å²) in [4.78, 5) is 14.6. The van der Waals surface area contributed by atoms with Gasteiger partial charge in [-0.05, 0) is 24.3 Å². The zero-order chi connectivity index (χ0) is 13.2. The van der Waals surface area contributed by atoms with Crippen LogP contribution in [0.25, 0.3) is 0 Å². The Morgan fingerprint density at radius 1 is 1.44 bits per heavy atom. The van der Waals surface area contributed by atoms with Gasteiger partial charge in [0.2, 0.25) is 10.0 Å². The van der Waals surface area contributed by atoms with E-state index in [-0.39, 0.29) is 11.9 Å². The third-order valence-electron chi connectivity index (χ3n) is 2.89. The summed E-state index contributed by atoms with van der Waals surface area (Å²) in [6.07, 6.45) is 2.50. The molecule has 5 nitrogen and oxygen atoms in total. The second-order valence-electron chi connectivity index (χ2n) is 4.43. The maximum absolute atomic E-state index is 12.1.